The van der Waals surface area contributed by atoms with E-state index in [2.05, 4.69) is 5.32 Å². The number of nitrogens with zero attached hydrogens (tertiary/aromatic N) is 1. The molecular weight excluding hydrogens is 206 g/mol. The van der Waals surface area contributed by atoms with Crippen molar-refractivity contribution in [2.24, 2.45) is 17.6 Å². The summed E-state index contributed by atoms with van der Waals surface area (Å²) in [6.45, 7) is 0.638. The molecule has 0 aromatic carbocycles. The van der Waals surface area contributed by atoms with Crippen molar-refractivity contribution in [3.8, 4) is 0 Å². The van der Waals surface area contributed by atoms with Crippen molar-refractivity contribution in [1.82, 2.24) is 10.2 Å². The van der Waals surface area contributed by atoms with Crippen LogP contribution in [0, 0.1) is 11.8 Å². The van der Waals surface area contributed by atoms with Crippen LogP contribution in [0.1, 0.15) is 19.3 Å². The second-order valence-corrected chi connectivity index (χ2v) is 4.54. The first-order valence-corrected chi connectivity index (χ1v) is 5.74. The summed E-state index contributed by atoms with van der Waals surface area (Å²) in [6.07, 6.45) is 2.97. The maximum absolute atomic E-state index is 11.8. The van der Waals surface area contributed by atoms with Gasteiger partial charge in [-0.3, -0.25) is 9.59 Å². The second-order valence-electron chi connectivity index (χ2n) is 4.54. The molecule has 2 unspecified atom stereocenters. The van der Waals surface area contributed by atoms with Crippen LogP contribution >= 0.6 is 0 Å². The van der Waals surface area contributed by atoms with E-state index in [0.717, 1.165) is 19.3 Å². The standard InChI is InChI=1S/C11H21N3O2/c1-14(2)10(15)7-13-11(16)9-5-3-4-8(9)6-12/h8-9H,3-7,12H2,1-2H3,(H,13,16). The van der Waals surface area contributed by atoms with Crippen LogP contribution < -0.4 is 11.1 Å². The van der Waals surface area contributed by atoms with Crippen molar-refractivity contribution in [3.63, 3.8) is 0 Å². The van der Waals surface area contributed by atoms with Gasteiger partial charge in [0.25, 0.3) is 0 Å². The first kappa shape index (κ1) is 13.0. The van der Waals surface area contributed by atoms with Gasteiger partial charge in [0.15, 0.2) is 0 Å². The fourth-order valence-corrected chi connectivity index (χ4v) is 2.12. The van der Waals surface area contributed by atoms with Crippen LogP contribution in [0.25, 0.3) is 0 Å². The number of carbonyl (C=O) groups excluding carboxylic acids is 2. The Labute approximate surface area is 96.4 Å². The third kappa shape index (κ3) is 3.20. The van der Waals surface area contributed by atoms with Crippen LogP contribution in [0.5, 0.6) is 0 Å². The summed E-state index contributed by atoms with van der Waals surface area (Å²) < 4.78 is 0. The lowest BCUT2D eigenvalue weighted by atomic mass is 9.95. The number of carbonyl (C=O) groups is 2. The van der Waals surface area contributed by atoms with Gasteiger partial charge in [0.1, 0.15) is 0 Å². The molecule has 0 radical (unpaired) electrons. The summed E-state index contributed by atoms with van der Waals surface area (Å²) >= 11 is 0. The zero-order valence-corrected chi connectivity index (χ0v) is 10.0. The molecule has 3 N–H and O–H groups in total. The Kier molecular flexibility index (Phi) is 4.73. The maximum Gasteiger partial charge on any atom is 0.241 e. The summed E-state index contributed by atoms with van der Waals surface area (Å²) in [5, 5.41) is 2.68. The molecular formula is C11H21N3O2. The number of amides is 2. The molecule has 1 aliphatic carbocycles. The molecule has 1 rings (SSSR count). The average Bonchev–Trinajstić information content (AvgIpc) is 2.73. The SMILES string of the molecule is CN(C)C(=O)CNC(=O)C1CCCC1CN. The number of likely N-dealkylation sites (N-methyl/N-ethyl adjacent to an activating group) is 1. The highest BCUT2D eigenvalue weighted by atomic mass is 16.2. The lowest BCUT2D eigenvalue weighted by Gasteiger charge is -2.18. The Bertz CT molecular complexity index is 266. The van der Waals surface area contributed by atoms with Gasteiger partial charge in [-0.2, -0.15) is 0 Å². The van der Waals surface area contributed by atoms with Crippen LogP contribution in [0.2, 0.25) is 0 Å². The average molecular weight is 227 g/mol. The monoisotopic (exact) mass is 227 g/mol. The molecule has 0 aromatic heterocycles. The smallest absolute Gasteiger partial charge is 0.241 e. The highest BCUT2D eigenvalue weighted by molar-refractivity contribution is 5.85. The predicted octanol–water partition coefficient (Wildman–Crippen LogP) is -0.434. The van der Waals surface area contributed by atoms with Crippen LogP contribution in [0.15, 0.2) is 0 Å². The lowest BCUT2D eigenvalue weighted by molar-refractivity contribution is -0.132. The minimum absolute atomic E-state index is 0.0000350. The third-order valence-corrected chi connectivity index (χ3v) is 3.21. The van der Waals surface area contributed by atoms with Gasteiger partial charge in [-0.1, -0.05) is 6.42 Å². The van der Waals surface area contributed by atoms with Crippen molar-refractivity contribution >= 4 is 11.8 Å². The lowest BCUT2D eigenvalue weighted by Crippen LogP contribution is -2.40. The maximum atomic E-state index is 11.8. The molecule has 2 atom stereocenters. The zero-order valence-electron chi connectivity index (χ0n) is 10.0. The van der Waals surface area contributed by atoms with Crippen molar-refractivity contribution in [2.75, 3.05) is 27.2 Å². The molecule has 1 saturated carbocycles. The van der Waals surface area contributed by atoms with Gasteiger partial charge < -0.3 is 16.0 Å². The van der Waals surface area contributed by atoms with Gasteiger partial charge >= 0.3 is 0 Å². The van der Waals surface area contributed by atoms with Gasteiger partial charge in [0, 0.05) is 20.0 Å². The fourth-order valence-electron chi connectivity index (χ4n) is 2.12. The highest BCUT2D eigenvalue weighted by Gasteiger charge is 2.31. The van der Waals surface area contributed by atoms with Crippen molar-refractivity contribution in [1.29, 1.82) is 0 Å². The molecule has 1 fully saturated rings. The third-order valence-electron chi connectivity index (χ3n) is 3.21. The van der Waals surface area contributed by atoms with Crippen LogP contribution in [0.3, 0.4) is 0 Å². The highest BCUT2D eigenvalue weighted by Crippen LogP contribution is 2.30. The van der Waals surface area contributed by atoms with E-state index < -0.39 is 0 Å². The summed E-state index contributed by atoms with van der Waals surface area (Å²) in [5.74, 6) is 0.174. The molecule has 0 saturated heterocycles. The van der Waals surface area contributed by atoms with E-state index >= 15 is 0 Å². The zero-order chi connectivity index (χ0) is 12.1. The van der Waals surface area contributed by atoms with Crippen LogP contribution in [-0.2, 0) is 9.59 Å². The molecule has 2 amide bonds. The van der Waals surface area contributed by atoms with E-state index in [0.29, 0.717) is 6.54 Å². The summed E-state index contributed by atoms with van der Waals surface area (Å²) in [6, 6.07) is 0. The van der Waals surface area contributed by atoms with Gasteiger partial charge in [-0.05, 0) is 25.3 Å². The minimum Gasteiger partial charge on any atom is -0.347 e. The topological polar surface area (TPSA) is 75.4 Å². The summed E-state index contributed by atoms with van der Waals surface area (Å²) in [4.78, 5) is 24.6. The van der Waals surface area contributed by atoms with Crippen LogP contribution in [-0.4, -0.2) is 43.9 Å². The number of hydrogen-bond acceptors (Lipinski definition) is 3. The molecule has 0 aromatic rings. The van der Waals surface area contributed by atoms with E-state index in [1.54, 1.807) is 14.1 Å². The van der Waals surface area contributed by atoms with E-state index in [-0.39, 0.29) is 30.2 Å². The van der Waals surface area contributed by atoms with Gasteiger partial charge in [-0.25, -0.2) is 0 Å². The van der Waals surface area contributed by atoms with Gasteiger partial charge in [0.2, 0.25) is 11.8 Å². The van der Waals surface area contributed by atoms with Crippen LogP contribution in [0.4, 0.5) is 0 Å². The van der Waals surface area contributed by atoms with E-state index in [1.165, 1.54) is 4.90 Å². The molecule has 16 heavy (non-hydrogen) atoms. The summed E-state index contributed by atoms with van der Waals surface area (Å²) in [7, 11) is 3.35. The van der Waals surface area contributed by atoms with Crippen molar-refractivity contribution < 1.29 is 9.59 Å². The molecule has 0 heterocycles. The molecule has 5 heteroatoms. The molecule has 1 aliphatic rings. The first-order chi connectivity index (χ1) is 7.56. The fraction of sp³-hybridized carbons (Fsp3) is 0.818. The normalized spacial score (nSPS) is 24.2. The molecule has 0 spiro atoms. The Morgan fingerprint density at radius 3 is 2.62 bits per heavy atom. The Morgan fingerprint density at radius 1 is 1.38 bits per heavy atom. The first-order valence-electron chi connectivity index (χ1n) is 5.74. The van der Waals surface area contributed by atoms with Crippen molar-refractivity contribution in [3.05, 3.63) is 0 Å². The minimum atomic E-state index is -0.0874. The van der Waals surface area contributed by atoms with Gasteiger partial charge in [0.05, 0.1) is 6.54 Å². The molecule has 92 valence electrons. The Balaban J connectivity index is 2.37. The molecule has 0 aliphatic heterocycles. The largest absolute Gasteiger partial charge is 0.347 e. The second kappa shape index (κ2) is 5.84. The Hall–Kier alpha value is -1.10. The predicted molar refractivity (Wildman–Crippen MR) is 61.6 cm³/mol. The quantitative estimate of drug-likeness (QED) is 0.684. The van der Waals surface area contributed by atoms with E-state index in [1.807, 2.05) is 0 Å². The number of nitrogens with one attached hydrogen (secondary N) is 1. The van der Waals surface area contributed by atoms with Gasteiger partial charge in [-0.15, -0.1) is 0 Å². The summed E-state index contributed by atoms with van der Waals surface area (Å²) in [5.41, 5.74) is 5.61. The van der Waals surface area contributed by atoms with E-state index in [4.69, 9.17) is 5.73 Å². The number of rotatable bonds is 4. The molecule has 5 nitrogen and oxygen atoms in total. The number of hydrogen-bond donors (Lipinski definition) is 2. The molecule has 0 bridgehead atoms. The number of nitrogens with two attached hydrogens (primary N) is 1. The Morgan fingerprint density at radius 2 is 2.06 bits per heavy atom. The van der Waals surface area contributed by atoms with E-state index in [9.17, 15) is 9.59 Å². The van der Waals surface area contributed by atoms with Crippen molar-refractivity contribution in [2.45, 2.75) is 19.3 Å².